The smallest absolute Gasteiger partial charge is 0.251 e. The largest absolute Gasteiger partial charge is 0.351 e. The molecule has 0 fully saturated rings. The molecule has 0 saturated heterocycles. The van der Waals surface area contributed by atoms with Gasteiger partial charge in [0.2, 0.25) is 10.0 Å². The number of rotatable bonds is 5. The molecule has 0 aliphatic rings. The number of thiophene rings is 1. The third kappa shape index (κ3) is 4.25. The van der Waals surface area contributed by atoms with Crippen LogP contribution in [0.3, 0.4) is 0 Å². The molecule has 3 rings (SSSR count). The molecule has 0 unspecified atom stereocenters. The number of carbonyl (C=O) groups is 1. The number of nitrogens with one attached hydrogen (secondary N) is 1. The Bertz CT molecular complexity index is 1040. The van der Waals surface area contributed by atoms with Gasteiger partial charge in [0.15, 0.2) is 0 Å². The highest BCUT2D eigenvalue weighted by Gasteiger charge is 2.09. The van der Waals surface area contributed by atoms with Crippen LogP contribution >= 0.6 is 11.3 Å². The molecule has 0 atom stereocenters. The van der Waals surface area contributed by atoms with E-state index < -0.39 is 10.0 Å². The summed E-state index contributed by atoms with van der Waals surface area (Å²) in [6, 6.07) is 11.6. The first-order valence-corrected chi connectivity index (χ1v) is 10.3. The highest BCUT2D eigenvalue weighted by molar-refractivity contribution is 7.89. The number of carbonyl (C=O) groups excluding carboxylic acids is 1. The van der Waals surface area contributed by atoms with Crippen LogP contribution in [0.1, 0.15) is 15.9 Å². The number of hydrogen-bond donors (Lipinski definition) is 2. The van der Waals surface area contributed by atoms with Gasteiger partial charge in [-0.15, -0.1) is 0 Å². The standard InChI is InChI=1S/C18H18N2O3S2/c1-12-10-24-11-17(12)15-4-2-14-9-16(5-3-13(14)8-15)18(21)20-6-7-25(19,22)23/h2-5,8-11H,6-7H2,1H3,(H,20,21)(H2,19,22,23). The Kier molecular flexibility index (Phi) is 4.89. The minimum atomic E-state index is -3.58. The van der Waals surface area contributed by atoms with Crippen LogP contribution in [0.4, 0.5) is 0 Å². The zero-order valence-electron chi connectivity index (χ0n) is 13.7. The molecule has 0 bridgehead atoms. The number of aryl methyl sites for hydroxylation is 1. The monoisotopic (exact) mass is 374 g/mol. The van der Waals surface area contributed by atoms with Crippen molar-refractivity contribution in [2.24, 2.45) is 5.14 Å². The number of fused-ring (bicyclic) bond motifs is 1. The highest BCUT2D eigenvalue weighted by Crippen LogP contribution is 2.29. The quantitative estimate of drug-likeness (QED) is 0.719. The van der Waals surface area contributed by atoms with Gasteiger partial charge in [0.25, 0.3) is 5.91 Å². The molecule has 1 aromatic heterocycles. The third-order valence-electron chi connectivity index (χ3n) is 3.94. The van der Waals surface area contributed by atoms with Crippen molar-refractivity contribution < 1.29 is 13.2 Å². The lowest BCUT2D eigenvalue weighted by atomic mass is 10.00. The zero-order chi connectivity index (χ0) is 18.0. The van der Waals surface area contributed by atoms with Crippen molar-refractivity contribution in [1.82, 2.24) is 5.32 Å². The maximum Gasteiger partial charge on any atom is 0.251 e. The molecule has 1 amide bonds. The SMILES string of the molecule is Cc1cscc1-c1ccc2cc(C(=O)NCCS(N)(=O)=O)ccc2c1. The highest BCUT2D eigenvalue weighted by atomic mass is 32.2. The van der Waals surface area contributed by atoms with Crippen molar-refractivity contribution >= 4 is 38.0 Å². The summed E-state index contributed by atoms with van der Waals surface area (Å²) in [6.07, 6.45) is 0. The molecule has 0 aliphatic carbocycles. The predicted octanol–water partition coefficient (Wildman–Crippen LogP) is 2.90. The van der Waals surface area contributed by atoms with E-state index >= 15 is 0 Å². The van der Waals surface area contributed by atoms with E-state index in [4.69, 9.17) is 5.14 Å². The van der Waals surface area contributed by atoms with Crippen molar-refractivity contribution in [3.63, 3.8) is 0 Å². The number of nitrogens with two attached hydrogens (primary N) is 1. The first kappa shape index (κ1) is 17.6. The molecular weight excluding hydrogens is 356 g/mol. The first-order valence-electron chi connectivity index (χ1n) is 7.69. The van der Waals surface area contributed by atoms with Gasteiger partial charge in [-0.1, -0.05) is 18.2 Å². The predicted molar refractivity (Wildman–Crippen MR) is 102 cm³/mol. The van der Waals surface area contributed by atoms with E-state index in [0.717, 1.165) is 16.3 Å². The number of amides is 1. The summed E-state index contributed by atoms with van der Waals surface area (Å²) in [5.74, 6) is -0.598. The lowest BCUT2D eigenvalue weighted by molar-refractivity contribution is 0.0956. The zero-order valence-corrected chi connectivity index (χ0v) is 15.3. The van der Waals surface area contributed by atoms with Crippen LogP contribution in [0, 0.1) is 6.92 Å². The van der Waals surface area contributed by atoms with Crippen LogP contribution in [0.2, 0.25) is 0 Å². The van der Waals surface area contributed by atoms with Crippen LogP contribution in [-0.2, 0) is 10.0 Å². The van der Waals surface area contributed by atoms with Crippen LogP contribution in [0.25, 0.3) is 21.9 Å². The molecule has 1 heterocycles. The molecule has 0 saturated carbocycles. The van der Waals surface area contributed by atoms with E-state index in [0.29, 0.717) is 5.56 Å². The average molecular weight is 374 g/mol. The fraction of sp³-hybridized carbons (Fsp3) is 0.167. The van der Waals surface area contributed by atoms with Crippen LogP contribution < -0.4 is 10.5 Å². The summed E-state index contributed by atoms with van der Waals surface area (Å²) in [7, 11) is -3.58. The van der Waals surface area contributed by atoms with Crippen LogP contribution in [-0.4, -0.2) is 26.6 Å². The Morgan fingerprint density at radius 2 is 1.84 bits per heavy atom. The molecule has 25 heavy (non-hydrogen) atoms. The summed E-state index contributed by atoms with van der Waals surface area (Å²) in [6.45, 7) is 2.08. The molecule has 7 heteroatoms. The molecule has 0 radical (unpaired) electrons. The Morgan fingerprint density at radius 3 is 2.52 bits per heavy atom. The summed E-state index contributed by atoms with van der Waals surface area (Å²) < 4.78 is 21.8. The number of hydrogen-bond acceptors (Lipinski definition) is 4. The van der Waals surface area contributed by atoms with Crippen LogP contribution in [0.5, 0.6) is 0 Å². The number of sulfonamides is 1. The van der Waals surface area contributed by atoms with Crippen molar-refractivity contribution in [3.8, 4) is 11.1 Å². The van der Waals surface area contributed by atoms with Crippen molar-refractivity contribution in [2.75, 3.05) is 12.3 Å². The lowest BCUT2D eigenvalue weighted by Gasteiger charge is -2.07. The van der Waals surface area contributed by atoms with Gasteiger partial charge < -0.3 is 5.32 Å². The first-order chi connectivity index (χ1) is 11.8. The fourth-order valence-electron chi connectivity index (χ4n) is 2.62. The number of benzene rings is 2. The van der Waals surface area contributed by atoms with Gasteiger partial charge in [0.05, 0.1) is 5.75 Å². The molecule has 0 spiro atoms. The average Bonchev–Trinajstić information content (AvgIpc) is 2.98. The van der Waals surface area contributed by atoms with Gasteiger partial charge in [-0.05, 0) is 63.3 Å². The molecule has 0 aliphatic heterocycles. The Labute approximate surface area is 150 Å². The Hall–Kier alpha value is -2.22. The van der Waals surface area contributed by atoms with E-state index in [9.17, 15) is 13.2 Å². The Morgan fingerprint density at radius 1 is 1.12 bits per heavy atom. The summed E-state index contributed by atoms with van der Waals surface area (Å²) >= 11 is 1.68. The summed E-state index contributed by atoms with van der Waals surface area (Å²) in [5, 5.41) is 13.7. The second-order valence-corrected chi connectivity index (χ2v) is 8.35. The second kappa shape index (κ2) is 6.95. The van der Waals surface area contributed by atoms with E-state index in [-0.39, 0.29) is 18.2 Å². The van der Waals surface area contributed by atoms with E-state index in [1.165, 1.54) is 11.1 Å². The molecule has 2 aromatic carbocycles. The van der Waals surface area contributed by atoms with E-state index in [2.05, 4.69) is 29.1 Å². The van der Waals surface area contributed by atoms with Gasteiger partial charge >= 0.3 is 0 Å². The molecule has 3 N–H and O–H groups in total. The maximum absolute atomic E-state index is 12.1. The lowest BCUT2D eigenvalue weighted by Crippen LogP contribution is -2.31. The maximum atomic E-state index is 12.1. The summed E-state index contributed by atoms with van der Waals surface area (Å²) in [5.41, 5.74) is 4.10. The molecular formula is C18H18N2O3S2. The van der Waals surface area contributed by atoms with Gasteiger partial charge in [-0.2, -0.15) is 11.3 Å². The van der Waals surface area contributed by atoms with Crippen molar-refractivity contribution in [3.05, 3.63) is 58.3 Å². The normalized spacial score (nSPS) is 11.6. The molecule has 5 nitrogen and oxygen atoms in total. The van der Waals surface area contributed by atoms with Gasteiger partial charge in [0.1, 0.15) is 0 Å². The molecule has 130 valence electrons. The minimum Gasteiger partial charge on any atom is -0.351 e. The van der Waals surface area contributed by atoms with Crippen molar-refractivity contribution in [2.45, 2.75) is 6.92 Å². The third-order valence-corrected chi connectivity index (χ3v) is 5.58. The molecule has 3 aromatic rings. The van der Waals surface area contributed by atoms with Gasteiger partial charge in [0, 0.05) is 12.1 Å². The number of primary sulfonamides is 1. The minimum absolute atomic E-state index is 0.00786. The van der Waals surface area contributed by atoms with E-state index in [1.807, 2.05) is 18.2 Å². The Balaban J connectivity index is 1.81. The topological polar surface area (TPSA) is 89.3 Å². The van der Waals surface area contributed by atoms with Crippen molar-refractivity contribution in [1.29, 1.82) is 0 Å². The summed E-state index contributed by atoms with van der Waals surface area (Å²) in [4.78, 5) is 12.1. The van der Waals surface area contributed by atoms with Gasteiger partial charge in [-0.25, -0.2) is 13.6 Å². The second-order valence-electron chi connectivity index (χ2n) is 5.87. The fourth-order valence-corrected chi connectivity index (χ4v) is 3.86. The van der Waals surface area contributed by atoms with E-state index in [1.54, 1.807) is 23.5 Å². The van der Waals surface area contributed by atoms with Gasteiger partial charge in [-0.3, -0.25) is 4.79 Å². The van der Waals surface area contributed by atoms with Crippen LogP contribution in [0.15, 0.2) is 47.2 Å².